The van der Waals surface area contributed by atoms with Crippen molar-refractivity contribution in [3.05, 3.63) is 72.9 Å². The number of carboxylic acid groups (broad SMARTS) is 1. The van der Waals surface area contributed by atoms with E-state index in [0.29, 0.717) is 6.42 Å². The molecule has 0 saturated carbocycles. The van der Waals surface area contributed by atoms with Gasteiger partial charge in [-0.1, -0.05) is 164 Å². The van der Waals surface area contributed by atoms with Crippen LogP contribution in [0, 0.1) is 0 Å². The molecular formula is C48H82O4. The molecule has 0 aliphatic rings. The topological polar surface area (TPSA) is 63.6 Å². The molecule has 52 heavy (non-hydrogen) atoms. The molecule has 1 atom stereocenters. The lowest BCUT2D eigenvalue weighted by atomic mass is 10.0. The summed E-state index contributed by atoms with van der Waals surface area (Å²) in [5, 5.41) is 8.84. The molecule has 0 aromatic heterocycles. The highest BCUT2D eigenvalue weighted by Crippen LogP contribution is 2.18. The average Bonchev–Trinajstić information content (AvgIpc) is 3.13. The molecule has 0 aromatic rings. The third-order valence-electron chi connectivity index (χ3n) is 9.41. The van der Waals surface area contributed by atoms with Crippen molar-refractivity contribution in [3.63, 3.8) is 0 Å². The van der Waals surface area contributed by atoms with E-state index in [1.54, 1.807) is 0 Å². The van der Waals surface area contributed by atoms with Gasteiger partial charge in [-0.25, -0.2) is 0 Å². The molecule has 0 aromatic carbocycles. The molecule has 0 rings (SSSR count). The van der Waals surface area contributed by atoms with Gasteiger partial charge in [-0.05, 0) is 109 Å². The van der Waals surface area contributed by atoms with E-state index >= 15 is 0 Å². The Morgan fingerprint density at radius 1 is 0.442 bits per heavy atom. The Morgan fingerprint density at radius 2 is 0.808 bits per heavy atom. The first-order valence-electron chi connectivity index (χ1n) is 21.9. The molecule has 0 saturated heterocycles. The fourth-order valence-corrected chi connectivity index (χ4v) is 6.21. The van der Waals surface area contributed by atoms with Gasteiger partial charge in [-0.3, -0.25) is 9.59 Å². The van der Waals surface area contributed by atoms with Crippen LogP contribution in [0.15, 0.2) is 72.9 Å². The number of unbranched alkanes of at least 4 members (excludes halogenated alkanes) is 18. The summed E-state index contributed by atoms with van der Waals surface area (Å²) in [4.78, 5) is 23.5. The van der Waals surface area contributed by atoms with E-state index in [1.807, 2.05) is 0 Å². The minimum Gasteiger partial charge on any atom is -0.481 e. The van der Waals surface area contributed by atoms with Gasteiger partial charge >= 0.3 is 11.9 Å². The molecular weight excluding hydrogens is 641 g/mol. The third kappa shape index (κ3) is 41.8. The van der Waals surface area contributed by atoms with Gasteiger partial charge in [0.25, 0.3) is 0 Å². The van der Waals surface area contributed by atoms with Gasteiger partial charge in [0.05, 0.1) is 0 Å². The Balaban J connectivity index is 4.14. The van der Waals surface area contributed by atoms with E-state index in [9.17, 15) is 9.59 Å². The molecule has 4 heteroatoms. The Kier molecular flexibility index (Phi) is 40.6. The van der Waals surface area contributed by atoms with Gasteiger partial charge in [-0.15, -0.1) is 0 Å². The number of carbonyl (C=O) groups is 2. The molecule has 1 N–H and O–H groups in total. The maximum atomic E-state index is 12.7. The number of esters is 1. The summed E-state index contributed by atoms with van der Waals surface area (Å²) in [6.45, 7) is 4.44. The standard InChI is InChI=1S/C48H82O4/c1-3-5-7-9-11-13-15-17-19-20-21-22-24-26-28-30-32-37-41-45-48(51)52-46(43-39-35-33-36-40-44-47(49)50)42-38-34-31-29-27-25-23-18-16-14-12-10-8-6-4-2/h5,7,11,13,17,19,21-22,25-28,46H,3-4,6,8-10,12,14-16,18,20,23-24,29-45H2,1-2H3,(H,49,50)/b7-5-,13-11-,19-17-,22-21-,27-25-,28-26-. The van der Waals surface area contributed by atoms with Crippen molar-refractivity contribution in [2.75, 3.05) is 0 Å². The molecule has 298 valence electrons. The fourth-order valence-electron chi connectivity index (χ4n) is 6.21. The Labute approximate surface area is 322 Å². The van der Waals surface area contributed by atoms with Crippen molar-refractivity contribution >= 4 is 11.9 Å². The highest BCUT2D eigenvalue weighted by molar-refractivity contribution is 5.69. The Hall–Kier alpha value is -2.62. The first-order valence-corrected chi connectivity index (χ1v) is 21.9. The molecule has 4 nitrogen and oxygen atoms in total. The summed E-state index contributed by atoms with van der Waals surface area (Å²) < 4.78 is 6.00. The number of carbonyl (C=O) groups excluding carboxylic acids is 1. The van der Waals surface area contributed by atoms with Crippen LogP contribution in [0.4, 0.5) is 0 Å². The average molecular weight is 723 g/mol. The lowest BCUT2D eigenvalue weighted by molar-refractivity contribution is -0.150. The van der Waals surface area contributed by atoms with Gasteiger partial charge in [0, 0.05) is 12.8 Å². The SMILES string of the molecule is CC/C=C\C/C=C\C/C=C\C/C=C\C/C=C\CCCCCC(=O)OC(CCCCC/C=C\CCCCCCCCCC)CCCCCCCC(=O)O. The smallest absolute Gasteiger partial charge is 0.306 e. The highest BCUT2D eigenvalue weighted by Gasteiger charge is 2.14. The quantitative estimate of drug-likeness (QED) is 0.0390. The number of aliphatic carboxylic acids is 1. The summed E-state index contributed by atoms with van der Waals surface area (Å²) in [5.74, 6) is -0.745. The van der Waals surface area contributed by atoms with Crippen LogP contribution in [0.5, 0.6) is 0 Å². The van der Waals surface area contributed by atoms with Crippen molar-refractivity contribution in [1.82, 2.24) is 0 Å². The summed E-state index contributed by atoms with van der Waals surface area (Å²) in [6, 6.07) is 0. The zero-order valence-electron chi connectivity index (χ0n) is 34.1. The van der Waals surface area contributed by atoms with Crippen molar-refractivity contribution in [2.45, 2.75) is 219 Å². The van der Waals surface area contributed by atoms with Gasteiger partial charge in [0.1, 0.15) is 6.10 Å². The van der Waals surface area contributed by atoms with Crippen LogP contribution in [0.2, 0.25) is 0 Å². The Morgan fingerprint density at radius 3 is 1.31 bits per heavy atom. The van der Waals surface area contributed by atoms with Crippen LogP contribution in [0.3, 0.4) is 0 Å². The number of rotatable bonds is 39. The third-order valence-corrected chi connectivity index (χ3v) is 9.41. The minimum absolute atomic E-state index is 0.0188. The number of ether oxygens (including phenoxy) is 1. The second-order valence-corrected chi connectivity index (χ2v) is 14.5. The second-order valence-electron chi connectivity index (χ2n) is 14.5. The summed E-state index contributed by atoms with van der Waals surface area (Å²) in [5.41, 5.74) is 0. The number of hydrogen-bond donors (Lipinski definition) is 1. The zero-order chi connectivity index (χ0) is 37.8. The van der Waals surface area contributed by atoms with E-state index in [2.05, 4.69) is 86.8 Å². The number of carboxylic acids is 1. The molecule has 0 bridgehead atoms. The van der Waals surface area contributed by atoms with Crippen molar-refractivity contribution in [2.24, 2.45) is 0 Å². The van der Waals surface area contributed by atoms with E-state index in [-0.39, 0.29) is 18.5 Å². The lowest BCUT2D eigenvalue weighted by Gasteiger charge is -2.18. The molecule has 0 amide bonds. The maximum Gasteiger partial charge on any atom is 0.306 e. The Bertz CT molecular complexity index is 953. The van der Waals surface area contributed by atoms with Gasteiger partial charge in [0.2, 0.25) is 0 Å². The minimum atomic E-state index is -0.708. The largest absolute Gasteiger partial charge is 0.481 e. The second kappa shape index (κ2) is 42.8. The normalized spacial score (nSPS) is 13.0. The lowest BCUT2D eigenvalue weighted by Crippen LogP contribution is -2.18. The fraction of sp³-hybridized carbons (Fsp3) is 0.708. The van der Waals surface area contributed by atoms with E-state index in [0.717, 1.165) is 116 Å². The molecule has 0 fully saturated rings. The predicted octanol–water partition coefficient (Wildman–Crippen LogP) is 15.5. The van der Waals surface area contributed by atoms with Crippen LogP contribution in [0.25, 0.3) is 0 Å². The molecule has 0 spiro atoms. The van der Waals surface area contributed by atoms with Crippen molar-refractivity contribution < 1.29 is 19.4 Å². The van der Waals surface area contributed by atoms with Gasteiger partial charge in [-0.2, -0.15) is 0 Å². The molecule has 0 aliphatic heterocycles. The molecule has 1 unspecified atom stereocenters. The summed E-state index contributed by atoms with van der Waals surface area (Å²) in [6.07, 6.45) is 60.7. The zero-order valence-corrected chi connectivity index (χ0v) is 34.1. The maximum absolute atomic E-state index is 12.7. The van der Waals surface area contributed by atoms with E-state index in [4.69, 9.17) is 9.84 Å². The summed E-state index contributed by atoms with van der Waals surface area (Å²) in [7, 11) is 0. The molecule has 0 aliphatic carbocycles. The molecule has 0 radical (unpaired) electrons. The number of allylic oxidation sites excluding steroid dienone is 12. The number of hydrogen-bond acceptors (Lipinski definition) is 3. The van der Waals surface area contributed by atoms with Crippen LogP contribution >= 0.6 is 0 Å². The first-order chi connectivity index (χ1) is 25.6. The first kappa shape index (κ1) is 49.4. The monoisotopic (exact) mass is 723 g/mol. The van der Waals surface area contributed by atoms with Crippen LogP contribution in [-0.4, -0.2) is 23.1 Å². The predicted molar refractivity (Wildman–Crippen MR) is 227 cm³/mol. The summed E-state index contributed by atoms with van der Waals surface area (Å²) >= 11 is 0. The highest BCUT2D eigenvalue weighted by atomic mass is 16.5. The van der Waals surface area contributed by atoms with Crippen LogP contribution in [0.1, 0.15) is 213 Å². The van der Waals surface area contributed by atoms with Crippen molar-refractivity contribution in [3.8, 4) is 0 Å². The van der Waals surface area contributed by atoms with Crippen LogP contribution < -0.4 is 0 Å². The molecule has 0 heterocycles. The van der Waals surface area contributed by atoms with E-state index in [1.165, 1.54) is 70.6 Å². The van der Waals surface area contributed by atoms with Gasteiger partial charge in [0.15, 0.2) is 0 Å². The van der Waals surface area contributed by atoms with Crippen molar-refractivity contribution in [1.29, 1.82) is 0 Å². The van der Waals surface area contributed by atoms with E-state index < -0.39 is 5.97 Å². The van der Waals surface area contributed by atoms with Crippen LogP contribution in [-0.2, 0) is 14.3 Å². The van der Waals surface area contributed by atoms with Gasteiger partial charge < -0.3 is 9.84 Å².